The molecule has 0 aliphatic rings. The lowest BCUT2D eigenvalue weighted by Gasteiger charge is -2.27. The minimum absolute atomic E-state index is 0.0559. The molecule has 2 heterocycles. The van der Waals surface area contributed by atoms with E-state index < -0.39 is 10.9 Å². The van der Waals surface area contributed by atoms with Crippen molar-refractivity contribution in [2.24, 2.45) is 5.41 Å². The molecule has 0 aliphatic carbocycles. The van der Waals surface area contributed by atoms with Gasteiger partial charge in [0.15, 0.2) is 5.15 Å². The predicted molar refractivity (Wildman–Crippen MR) is 122 cm³/mol. The Hall–Kier alpha value is -3.26. The summed E-state index contributed by atoms with van der Waals surface area (Å²) in [6.45, 7) is 4.71. The van der Waals surface area contributed by atoms with E-state index >= 15 is 0 Å². The van der Waals surface area contributed by atoms with Crippen LogP contribution in [0.15, 0.2) is 52.4 Å². The van der Waals surface area contributed by atoms with Gasteiger partial charge in [-0.15, -0.1) is 0 Å². The first-order valence-corrected chi connectivity index (χ1v) is 10.2. The average Bonchev–Trinajstić information content (AvgIpc) is 2.77. The highest BCUT2D eigenvalue weighted by molar-refractivity contribution is 6.32. The summed E-state index contributed by atoms with van der Waals surface area (Å²) in [6.07, 6.45) is 5.96. The van der Waals surface area contributed by atoms with Crippen LogP contribution in [0.25, 0.3) is 0 Å². The van der Waals surface area contributed by atoms with Crippen molar-refractivity contribution in [3.8, 4) is 0 Å². The van der Waals surface area contributed by atoms with Crippen molar-refractivity contribution in [2.75, 3.05) is 23.7 Å². The number of nitrogens with one attached hydrogen (secondary N) is 3. The first-order chi connectivity index (χ1) is 14.8. The lowest BCUT2D eigenvalue weighted by molar-refractivity contribution is -0.121. The molecule has 3 rings (SSSR count). The Morgan fingerprint density at radius 3 is 2.52 bits per heavy atom. The van der Waals surface area contributed by atoms with Crippen molar-refractivity contribution in [1.82, 2.24) is 15.3 Å². The van der Waals surface area contributed by atoms with Gasteiger partial charge in [-0.05, 0) is 35.6 Å². The summed E-state index contributed by atoms with van der Waals surface area (Å²) in [6, 6.07) is 7.12. The van der Waals surface area contributed by atoms with Crippen LogP contribution in [0.4, 0.5) is 17.1 Å². The standard InChI is InChI=1S/C22H24ClN5O3/c1-22(2,12-26-16(29)8-7-14-5-3-9-24-11-14)13-27-17-18(20(31)19(17)30)28-15-6-4-10-25-21(15)23/h3-6,9-11,27-28H,7-8,12-13H2,1-2H3,(H,26,29). The summed E-state index contributed by atoms with van der Waals surface area (Å²) in [5.41, 5.74) is 0.277. The summed E-state index contributed by atoms with van der Waals surface area (Å²) in [5.74, 6) is -0.0559. The third-order valence-corrected chi connectivity index (χ3v) is 5.10. The van der Waals surface area contributed by atoms with Gasteiger partial charge in [-0.2, -0.15) is 0 Å². The van der Waals surface area contributed by atoms with Crippen molar-refractivity contribution < 1.29 is 4.79 Å². The summed E-state index contributed by atoms with van der Waals surface area (Å²) in [7, 11) is 0. The van der Waals surface area contributed by atoms with E-state index in [0.29, 0.717) is 31.6 Å². The maximum absolute atomic E-state index is 12.2. The molecule has 9 heteroatoms. The Balaban J connectivity index is 1.51. The van der Waals surface area contributed by atoms with Crippen molar-refractivity contribution in [1.29, 1.82) is 0 Å². The summed E-state index contributed by atoms with van der Waals surface area (Å²) in [4.78, 5) is 44.1. The average molecular weight is 442 g/mol. The number of anilines is 3. The number of carbonyl (C=O) groups is 1. The molecule has 162 valence electrons. The molecule has 2 aromatic heterocycles. The van der Waals surface area contributed by atoms with Gasteiger partial charge in [-0.25, -0.2) is 4.98 Å². The smallest absolute Gasteiger partial charge is 0.253 e. The van der Waals surface area contributed by atoms with Crippen molar-refractivity contribution in [3.05, 3.63) is 74.0 Å². The summed E-state index contributed by atoms with van der Waals surface area (Å²) >= 11 is 6.01. The SMILES string of the molecule is CC(C)(CNC(=O)CCc1cccnc1)CNc1c(Nc2cccnc2Cl)c(=O)c1=O. The van der Waals surface area contributed by atoms with Crippen molar-refractivity contribution >= 4 is 34.6 Å². The molecular weight excluding hydrogens is 418 g/mol. The number of aromatic nitrogens is 2. The molecule has 1 aromatic carbocycles. The molecular formula is C22H24ClN5O3. The zero-order valence-corrected chi connectivity index (χ0v) is 18.1. The van der Waals surface area contributed by atoms with E-state index in [0.717, 1.165) is 5.56 Å². The fourth-order valence-corrected chi connectivity index (χ4v) is 3.08. The number of nitrogens with zero attached hydrogens (tertiary/aromatic N) is 2. The van der Waals surface area contributed by atoms with E-state index in [1.54, 1.807) is 24.5 Å². The highest BCUT2D eigenvalue weighted by atomic mass is 35.5. The van der Waals surface area contributed by atoms with Crippen LogP contribution >= 0.6 is 11.6 Å². The van der Waals surface area contributed by atoms with Gasteiger partial charge in [0.05, 0.1) is 5.69 Å². The van der Waals surface area contributed by atoms with Crippen molar-refractivity contribution in [2.45, 2.75) is 26.7 Å². The second-order valence-electron chi connectivity index (χ2n) is 8.03. The van der Waals surface area contributed by atoms with E-state index in [4.69, 9.17) is 11.6 Å². The second-order valence-corrected chi connectivity index (χ2v) is 8.39. The molecule has 0 fully saturated rings. The summed E-state index contributed by atoms with van der Waals surface area (Å²) in [5, 5.41) is 9.04. The normalized spacial score (nSPS) is 11.3. The number of amides is 1. The molecule has 0 saturated heterocycles. The minimum atomic E-state index is -0.607. The van der Waals surface area contributed by atoms with Crippen LogP contribution in [0, 0.1) is 5.41 Å². The fraction of sp³-hybridized carbons (Fsp3) is 0.318. The molecule has 31 heavy (non-hydrogen) atoms. The number of halogens is 1. The molecule has 3 aromatic rings. The lowest BCUT2D eigenvalue weighted by Crippen LogP contribution is -2.42. The Morgan fingerprint density at radius 1 is 1.06 bits per heavy atom. The van der Waals surface area contributed by atoms with Crippen LogP contribution in [0.2, 0.25) is 5.15 Å². The molecule has 3 N–H and O–H groups in total. The molecule has 0 aliphatic heterocycles. The maximum Gasteiger partial charge on any atom is 0.253 e. The van der Waals surface area contributed by atoms with E-state index in [2.05, 4.69) is 25.9 Å². The largest absolute Gasteiger partial charge is 0.379 e. The van der Waals surface area contributed by atoms with Crippen LogP contribution in [-0.2, 0) is 11.2 Å². The van der Waals surface area contributed by atoms with Gasteiger partial charge in [-0.1, -0.05) is 31.5 Å². The monoisotopic (exact) mass is 441 g/mol. The van der Waals surface area contributed by atoms with Gasteiger partial charge in [0.2, 0.25) is 5.91 Å². The maximum atomic E-state index is 12.2. The number of hydrogen-bond donors (Lipinski definition) is 3. The number of rotatable bonds is 10. The van der Waals surface area contributed by atoms with E-state index in [-0.39, 0.29) is 27.9 Å². The van der Waals surface area contributed by atoms with Crippen LogP contribution in [-0.4, -0.2) is 29.0 Å². The van der Waals surface area contributed by atoms with Crippen LogP contribution in [0.1, 0.15) is 25.8 Å². The molecule has 0 saturated carbocycles. The van der Waals surface area contributed by atoms with E-state index in [1.807, 2.05) is 26.0 Å². The highest BCUT2D eigenvalue weighted by Gasteiger charge is 2.25. The fourth-order valence-electron chi connectivity index (χ4n) is 2.91. The third-order valence-electron chi connectivity index (χ3n) is 4.80. The molecule has 8 nitrogen and oxygen atoms in total. The Morgan fingerprint density at radius 2 is 1.81 bits per heavy atom. The number of aryl methyl sites for hydroxylation is 1. The Bertz CT molecular complexity index is 1120. The topological polar surface area (TPSA) is 113 Å². The predicted octanol–water partition coefficient (Wildman–Crippen LogP) is 2.66. The van der Waals surface area contributed by atoms with Gasteiger partial charge >= 0.3 is 0 Å². The molecule has 1 amide bonds. The first kappa shape index (κ1) is 22.4. The van der Waals surface area contributed by atoms with Gasteiger partial charge in [-0.3, -0.25) is 19.4 Å². The minimum Gasteiger partial charge on any atom is -0.379 e. The zero-order valence-electron chi connectivity index (χ0n) is 17.4. The Labute approximate surface area is 184 Å². The molecule has 0 spiro atoms. The highest BCUT2D eigenvalue weighted by Crippen LogP contribution is 2.26. The molecule has 0 bridgehead atoms. The van der Waals surface area contributed by atoms with Crippen LogP contribution < -0.4 is 26.8 Å². The lowest BCUT2D eigenvalue weighted by atomic mass is 9.93. The first-order valence-electron chi connectivity index (χ1n) is 9.87. The van der Waals surface area contributed by atoms with Crippen LogP contribution in [0.3, 0.4) is 0 Å². The van der Waals surface area contributed by atoms with Crippen molar-refractivity contribution in [3.63, 3.8) is 0 Å². The number of hydrogen-bond acceptors (Lipinski definition) is 7. The van der Waals surface area contributed by atoms with Gasteiger partial charge in [0.25, 0.3) is 10.9 Å². The number of pyridine rings is 2. The quantitative estimate of drug-likeness (QED) is 0.327. The van der Waals surface area contributed by atoms with Gasteiger partial charge in [0, 0.05) is 38.1 Å². The number of carbonyl (C=O) groups excluding carboxylic acids is 1. The van der Waals surface area contributed by atoms with E-state index in [9.17, 15) is 14.4 Å². The van der Waals surface area contributed by atoms with Crippen LogP contribution in [0.5, 0.6) is 0 Å². The van der Waals surface area contributed by atoms with Gasteiger partial charge in [0.1, 0.15) is 11.4 Å². The second kappa shape index (κ2) is 9.70. The zero-order chi connectivity index (χ0) is 22.4. The summed E-state index contributed by atoms with van der Waals surface area (Å²) < 4.78 is 0. The third kappa shape index (κ3) is 5.88. The van der Waals surface area contributed by atoms with E-state index in [1.165, 1.54) is 6.20 Å². The Kier molecular flexibility index (Phi) is 7.02. The molecule has 0 atom stereocenters. The molecule has 0 unspecified atom stereocenters. The van der Waals surface area contributed by atoms with Gasteiger partial charge < -0.3 is 16.0 Å². The molecule has 0 radical (unpaired) electrons.